The SMILES string of the molecule is C=CCC(O)(CC=C)C(C)=O. The predicted octanol–water partition coefficient (Wildman–Crippen LogP) is 1.46. The van der Waals surface area contributed by atoms with Gasteiger partial charge in [0.2, 0.25) is 0 Å². The summed E-state index contributed by atoms with van der Waals surface area (Å²) in [5, 5.41) is 9.60. The van der Waals surface area contributed by atoms with E-state index in [1.54, 1.807) is 0 Å². The van der Waals surface area contributed by atoms with Gasteiger partial charge in [-0.3, -0.25) is 4.79 Å². The molecule has 0 saturated carbocycles. The molecule has 0 atom stereocenters. The molecule has 0 aromatic carbocycles. The summed E-state index contributed by atoms with van der Waals surface area (Å²) in [4.78, 5) is 10.9. The highest BCUT2D eigenvalue weighted by molar-refractivity contribution is 5.85. The van der Waals surface area contributed by atoms with Crippen LogP contribution in [0.2, 0.25) is 0 Å². The summed E-state index contributed by atoms with van der Waals surface area (Å²) in [5.41, 5.74) is -1.27. The number of Topliss-reactive ketones (excluding diaryl/α,β-unsaturated/α-hetero) is 1. The average Bonchev–Trinajstić information content (AvgIpc) is 1.88. The Morgan fingerprint density at radius 1 is 1.45 bits per heavy atom. The third-order valence-electron chi connectivity index (χ3n) is 1.62. The second kappa shape index (κ2) is 4.09. The van der Waals surface area contributed by atoms with Gasteiger partial charge in [0.1, 0.15) is 5.60 Å². The highest BCUT2D eigenvalue weighted by Crippen LogP contribution is 2.17. The molecule has 2 heteroatoms. The number of hydrogen-bond acceptors (Lipinski definition) is 2. The maximum atomic E-state index is 10.9. The van der Waals surface area contributed by atoms with E-state index in [4.69, 9.17) is 0 Å². The topological polar surface area (TPSA) is 37.3 Å². The van der Waals surface area contributed by atoms with Gasteiger partial charge in [-0.15, -0.1) is 13.2 Å². The van der Waals surface area contributed by atoms with E-state index >= 15 is 0 Å². The highest BCUT2D eigenvalue weighted by atomic mass is 16.3. The minimum Gasteiger partial charge on any atom is -0.381 e. The molecule has 0 spiro atoms. The lowest BCUT2D eigenvalue weighted by Gasteiger charge is -2.21. The number of ketones is 1. The van der Waals surface area contributed by atoms with Gasteiger partial charge in [0.25, 0.3) is 0 Å². The monoisotopic (exact) mass is 154 g/mol. The molecular formula is C9H14O2. The van der Waals surface area contributed by atoms with Crippen LogP contribution in [0.25, 0.3) is 0 Å². The Hall–Kier alpha value is -0.890. The largest absolute Gasteiger partial charge is 0.381 e. The summed E-state index contributed by atoms with van der Waals surface area (Å²) in [5.74, 6) is -0.239. The average molecular weight is 154 g/mol. The van der Waals surface area contributed by atoms with Crippen molar-refractivity contribution in [1.29, 1.82) is 0 Å². The highest BCUT2D eigenvalue weighted by Gasteiger charge is 2.28. The standard InChI is InChI=1S/C9H14O2/c1-4-6-9(11,7-5-2)8(3)10/h4-5,11H,1-2,6-7H2,3H3. The van der Waals surface area contributed by atoms with Crippen molar-refractivity contribution in [2.24, 2.45) is 0 Å². The van der Waals surface area contributed by atoms with E-state index in [2.05, 4.69) is 13.2 Å². The summed E-state index contributed by atoms with van der Waals surface area (Å²) < 4.78 is 0. The maximum Gasteiger partial charge on any atom is 0.161 e. The third-order valence-corrected chi connectivity index (χ3v) is 1.62. The normalized spacial score (nSPS) is 10.7. The summed E-state index contributed by atoms with van der Waals surface area (Å²) in [6.45, 7) is 8.30. The molecule has 0 aromatic rings. The van der Waals surface area contributed by atoms with Crippen LogP contribution >= 0.6 is 0 Å². The Kier molecular flexibility index (Phi) is 3.76. The van der Waals surface area contributed by atoms with Crippen molar-refractivity contribution in [3.05, 3.63) is 25.3 Å². The van der Waals surface area contributed by atoms with Crippen LogP contribution in [0.15, 0.2) is 25.3 Å². The number of carbonyl (C=O) groups excluding carboxylic acids is 1. The Balaban J connectivity index is 4.35. The molecule has 11 heavy (non-hydrogen) atoms. The molecule has 0 heterocycles. The second-order valence-electron chi connectivity index (χ2n) is 2.57. The van der Waals surface area contributed by atoms with Crippen molar-refractivity contribution in [2.45, 2.75) is 25.4 Å². The van der Waals surface area contributed by atoms with E-state index in [1.165, 1.54) is 19.1 Å². The van der Waals surface area contributed by atoms with Gasteiger partial charge in [-0.25, -0.2) is 0 Å². The molecule has 2 nitrogen and oxygen atoms in total. The van der Waals surface area contributed by atoms with Crippen LogP contribution in [0.5, 0.6) is 0 Å². The maximum absolute atomic E-state index is 10.9. The Morgan fingerprint density at radius 2 is 1.82 bits per heavy atom. The van der Waals surface area contributed by atoms with Crippen LogP contribution < -0.4 is 0 Å². The molecule has 62 valence electrons. The lowest BCUT2D eigenvalue weighted by Crippen LogP contribution is -2.35. The van der Waals surface area contributed by atoms with E-state index in [-0.39, 0.29) is 18.6 Å². The first kappa shape index (κ1) is 10.1. The lowest BCUT2D eigenvalue weighted by atomic mass is 9.92. The summed E-state index contributed by atoms with van der Waals surface area (Å²) in [6.07, 6.45) is 3.64. The first-order valence-corrected chi connectivity index (χ1v) is 3.52. The molecule has 0 rings (SSSR count). The molecule has 0 amide bonds. The summed E-state index contributed by atoms with van der Waals surface area (Å²) >= 11 is 0. The first-order valence-electron chi connectivity index (χ1n) is 3.52. The van der Waals surface area contributed by atoms with Crippen molar-refractivity contribution in [3.8, 4) is 0 Å². The summed E-state index contributed by atoms with van der Waals surface area (Å²) in [7, 11) is 0. The van der Waals surface area contributed by atoms with Crippen LogP contribution in [0.1, 0.15) is 19.8 Å². The number of carbonyl (C=O) groups is 1. The van der Waals surface area contributed by atoms with Gasteiger partial charge in [-0.1, -0.05) is 12.2 Å². The Bertz CT molecular complexity index is 160. The van der Waals surface area contributed by atoms with Crippen molar-refractivity contribution in [3.63, 3.8) is 0 Å². The van der Waals surface area contributed by atoms with E-state index < -0.39 is 5.60 Å². The zero-order valence-corrected chi connectivity index (χ0v) is 6.84. The van der Waals surface area contributed by atoms with Gasteiger partial charge in [0, 0.05) is 12.8 Å². The molecular weight excluding hydrogens is 140 g/mol. The minimum atomic E-state index is -1.27. The molecule has 0 saturated heterocycles. The molecule has 1 N–H and O–H groups in total. The van der Waals surface area contributed by atoms with Gasteiger partial charge in [-0.2, -0.15) is 0 Å². The Morgan fingerprint density at radius 3 is 2.00 bits per heavy atom. The molecule has 0 aliphatic carbocycles. The van der Waals surface area contributed by atoms with Crippen molar-refractivity contribution < 1.29 is 9.90 Å². The van der Waals surface area contributed by atoms with Gasteiger partial charge in [0.05, 0.1) is 0 Å². The minimum absolute atomic E-state index is 0.239. The van der Waals surface area contributed by atoms with Crippen molar-refractivity contribution in [1.82, 2.24) is 0 Å². The molecule has 0 fully saturated rings. The predicted molar refractivity (Wildman–Crippen MR) is 45.3 cm³/mol. The summed E-state index contributed by atoms with van der Waals surface area (Å²) in [6, 6.07) is 0. The fourth-order valence-electron chi connectivity index (χ4n) is 0.848. The lowest BCUT2D eigenvalue weighted by molar-refractivity contribution is -0.134. The van der Waals surface area contributed by atoms with Crippen LogP contribution in [-0.2, 0) is 4.79 Å². The van der Waals surface area contributed by atoms with E-state index in [0.717, 1.165) is 0 Å². The van der Waals surface area contributed by atoms with E-state index in [9.17, 15) is 9.90 Å². The molecule has 0 aliphatic rings. The van der Waals surface area contributed by atoms with Crippen LogP contribution in [0.4, 0.5) is 0 Å². The van der Waals surface area contributed by atoms with Crippen LogP contribution in [-0.4, -0.2) is 16.5 Å². The smallest absolute Gasteiger partial charge is 0.161 e. The third kappa shape index (κ3) is 2.68. The fourth-order valence-corrected chi connectivity index (χ4v) is 0.848. The van der Waals surface area contributed by atoms with E-state index in [0.29, 0.717) is 0 Å². The zero-order chi connectivity index (χ0) is 8.91. The van der Waals surface area contributed by atoms with Crippen LogP contribution in [0.3, 0.4) is 0 Å². The van der Waals surface area contributed by atoms with Gasteiger partial charge >= 0.3 is 0 Å². The number of rotatable bonds is 5. The van der Waals surface area contributed by atoms with Crippen molar-refractivity contribution in [2.75, 3.05) is 0 Å². The second-order valence-corrected chi connectivity index (χ2v) is 2.57. The fraction of sp³-hybridized carbons (Fsp3) is 0.444. The Labute approximate surface area is 67.2 Å². The quantitative estimate of drug-likeness (QED) is 0.609. The molecule has 0 bridgehead atoms. The zero-order valence-electron chi connectivity index (χ0n) is 6.84. The van der Waals surface area contributed by atoms with Gasteiger partial charge < -0.3 is 5.11 Å². The number of aliphatic hydroxyl groups is 1. The van der Waals surface area contributed by atoms with Crippen molar-refractivity contribution >= 4 is 5.78 Å². The first-order chi connectivity index (χ1) is 5.06. The van der Waals surface area contributed by atoms with E-state index in [1.807, 2.05) is 0 Å². The van der Waals surface area contributed by atoms with Gasteiger partial charge in [-0.05, 0) is 6.92 Å². The molecule has 0 radical (unpaired) electrons. The van der Waals surface area contributed by atoms with Gasteiger partial charge in [0.15, 0.2) is 5.78 Å². The van der Waals surface area contributed by atoms with Crippen LogP contribution in [0, 0.1) is 0 Å². The molecule has 0 aromatic heterocycles. The number of hydrogen-bond donors (Lipinski definition) is 1. The molecule has 0 unspecified atom stereocenters. The molecule has 0 aliphatic heterocycles.